The first kappa shape index (κ1) is 9.64. The Morgan fingerprint density at radius 1 is 1.27 bits per heavy atom. The summed E-state index contributed by atoms with van der Waals surface area (Å²) < 4.78 is 0. The van der Waals surface area contributed by atoms with E-state index in [0.29, 0.717) is 18.0 Å². The molecular formula is C12H20N2O. The van der Waals surface area contributed by atoms with Gasteiger partial charge in [-0.3, -0.25) is 4.79 Å². The summed E-state index contributed by atoms with van der Waals surface area (Å²) in [6, 6.07) is 1.12. The van der Waals surface area contributed by atoms with Gasteiger partial charge in [0, 0.05) is 18.6 Å². The molecule has 0 aromatic rings. The van der Waals surface area contributed by atoms with Gasteiger partial charge in [0.1, 0.15) is 0 Å². The molecule has 2 N–H and O–H groups in total. The summed E-state index contributed by atoms with van der Waals surface area (Å²) in [5, 5.41) is 6.61. The first-order valence-corrected chi connectivity index (χ1v) is 6.36. The maximum Gasteiger partial charge on any atom is 0.224 e. The lowest BCUT2D eigenvalue weighted by molar-refractivity contribution is -0.125. The second-order valence-electron chi connectivity index (χ2n) is 5.41. The van der Waals surface area contributed by atoms with E-state index in [4.69, 9.17) is 0 Å². The Balaban J connectivity index is 1.43. The fourth-order valence-electron chi connectivity index (χ4n) is 3.05. The molecule has 2 aliphatic heterocycles. The van der Waals surface area contributed by atoms with Crippen LogP contribution in [0.4, 0.5) is 0 Å². The van der Waals surface area contributed by atoms with Crippen molar-refractivity contribution < 1.29 is 4.79 Å². The molecule has 0 aromatic carbocycles. The first-order valence-electron chi connectivity index (χ1n) is 6.36. The lowest BCUT2D eigenvalue weighted by atomic mass is 9.88. The molecule has 0 spiro atoms. The predicted molar refractivity (Wildman–Crippen MR) is 58.4 cm³/mol. The van der Waals surface area contributed by atoms with Gasteiger partial charge in [-0.25, -0.2) is 0 Å². The summed E-state index contributed by atoms with van der Waals surface area (Å²) in [4.78, 5) is 11.9. The van der Waals surface area contributed by atoms with E-state index >= 15 is 0 Å². The first-order chi connectivity index (χ1) is 7.33. The standard InChI is InChI=1S/C12H20N2O/c15-12(13-6-5-8-1-2-8)10-7-9-3-4-11(10)14-9/h8-11,14H,1-7H2,(H,13,15). The van der Waals surface area contributed by atoms with Crippen LogP contribution in [-0.2, 0) is 4.79 Å². The largest absolute Gasteiger partial charge is 0.356 e. The zero-order valence-electron chi connectivity index (χ0n) is 9.17. The van der Waals surface area contributed by atoms with Crippen LogP contribution in [0, 0.1) is 11.8 Å². The van der Waals surface area contributed by atoms with E-state index in [9.17, 15) is 4.79 Å². The van der Waals surface area contributed by atoms with Gasteiger partial charge < -0.3 is 10.6 Å². The normalized spacial score (nSPS) is 38.3. The van der Waals surface area contributed by atoms with E-state index < -0.39 is 0 Å². The number of carbonyl (C=O) groups is 1. The van der Waals surface area contributed by atoms with Crippen molar-refractivity contribution in [1.82, 2.24) is 10.6 Å². The molecule has 0 radical (unpaired) electrons. The van der Waals surface area contributed by atoms with Crippen LogP contribution >= 0.6 is 0 Å². The maximum absolute atomic E-state index is 11.9. The van der Waals surface area contributed by atoms with Gasteiger partial charge in [-0.05, 0) is 31.6 Å². The molecule has 3 fully saturated rings. The Morgan fingerprint density at radius 2 is 2.13 bits per heavy atom. The molecule has 2 saturated heterocycles. The van der Waals surface area contributed by atoms with Gasteiger partial charge in [0.15, 0.2) is 0 Å². The monoisotopic (exact) mass is 208 g/mol. The Bertz CT molecular complexity index is 262. The van der Waals surface area contributed by atoms with Crippen LogP contribution in [0.1, 0.15) is 38.5 Å². The molecule has 84 valence electrons. The molecule has 3 rings (SSSR count). The molecule has 3 unspecified atom stereocenters. The highest BCUT2D eigenvalue weighted by Gasteiger charge is 2.42. The van der Waals surface area contributed by atoms with Gasteiger partial charge in [-0.15, -0.1) is 0 Å². The van der Waals surface area contributed by atoms with Crippen LogP contribution in [0.25, 0.3) is 0 Å². The Hall–Kier alpha value is -0.570. The molecule has 1 saturated carbocycles. The molecule has 3 atom stereocenters. The van der Waals surface area contributed by atoms with Crippen molar-refractivity contribution >= 4 is 5.91 Å². The Kier molecular flexibility index (Phi) is 2.43. The summed E-state index contributed by atoms with van der Waals surface area (Å²) >= 11 is 0. The number of rotatable bonds is 4. The van der Waals surface area contributed by atoms with Gasteiger partial charge >= 0.3 is 0 Å². The molecule has 2 heterocycles. The molecule has 3 nitrogen and oxygen atoms in total. The summed E-state index contributed by atoms with van der Waals surface area (Å²) in [6.45, 7) is 0.900. The van der Waals surface area contributed by atoms with Crippen molar-refractivity contribution in [1.29, 1.82) is 0 Å². The molecule has 3 aliphatic rings. The van der Waals surface area contributed by atoms with Crippen molar-refractivity contribution in [3.63, 3.8) is 0 Å². The van der Waals surface area contributed by atoms with Crippen LogP contribution in [0.2, 0.25) is 0 Å². The molecule has 15 heavy (non-hydrogen) atoms. The number of amides is 1. The average molecular weight is 208 g/mol. The second-order valence-corrected chi connectivity index (χ2v) is 5.41. The van der Waals surface area contributed by atoms with Crippen LogP contribution < -0.4 is 10.6 Å². The van der Waals surface area contributed by atoms with E-state index in [1.54, 1.807) is 0 Å². The fraction of sp³-hybridized carbons (Fsp3) is 0.917. The number of fused-ring (bicyclic) bond motifs is 2. The van der Waals surface area contributed by atoms with Crippen LogP contribution in [-0.4, -0.2) is 24.5 Å². The van der Waals surface area contributed by atoms with E-state index in [2.05, 4.69) is 10.6 Å². The van der Waals surface area contributed by atoms with Gasteiger partial charge in [0.2, 0.25) is 5.91 Å². The maximum atomic E-state index is 11.9. The molecule has 0 aromatic heterocycles. The van der Waals surface area contributed by atoms with Gasteiger partial charge in [0.25, 0.3) is 0 Å². The number of carbonyl (C=O) groups excluding carboxylic acids is 1. The zero-order chi connectivity index (χ0) is 10.3. The fourth-order valence-corrected chi connectivity index (χ4v) is 3.05. The summed E-state index contributed by atoms with van der Waals surface area (Å²) in [7, 11) is 0. The zero-order valence-corrected chi connectivity index (χ0v) is 9.17. The highest BCUT2D eigenvalue weighted by atomic mass is 16.1. The second kappa shape index (κ2) is 3.78. The van der Waals surface area contributed by atoms with Gasteiger partial charge in [-0.2, -0.15) is 0 Å². The molecule has 1 amide bonds. The SMILES string of the molecule is O=C(NCCC1CC1)C1CC2CCC1N2. The summed E-state index contributed by atoms with van der Waals surface area (Å²) in [5.74, 6) is 1.49. The van der Waals surface area contributed by atoms with Crippen molar-refractivity contribution in [2.45, 2.75) is 50.6 Å². The minimum atomic E-state index is 0.267. The third-order valence-corrected chi connectivity index (χ3v) is 4.19. The predicted octanol–water partition coefficient (Wildman–Crippen LogP) is 1.04. The summed E-state index contributed by atoms with van der Waals surface area (Å²) in [6.07, 6.45) is 7.50. The van der Waals surface area contributed by atoms with Crippen molar-refractivity contribution in [3.8, 4) is 0 Å². The van der Waals surface area contributed by atoms with Crippen LogP contribution in [0.15, 0.2) is 0 Å². The average Bonchev–Trinajstić information content (AvgIpc) is 2.83. The smallest absolute Gasteiger partial charge is 0.224 e. The Labute approximate surface area is 91.0 Å². The highest BCUT2D eigenvalue weighted by molar-refractivity contribution is 5.80. The minimum absolute atomic E-state index is 0.267. The third kappa shape index (κ3) is 2.03. The number of hydrogen-bond donors (Lipinski definition) is 2. The van der Waals surface area contributed by atoms with E-state index in [0.717, 1.165) is 18.9 Å². The van der Waals surface area contributed by atoms with Crippen LogP contribution in [0.5, 0.6) is 0 Å². The van der Waals surface area contributed by atoms with E-state index in [-0.39, 0.29) is 5.92 Å². The molecule has 1 aliphatic carbocycles. The molecule has 3 heteroatoms. The Morgan fingerprint density at radius 3 is 2.73 bits per heavy atom. The van der Waals surface area contributed by atoms with Gasteiger partial charge in [-0.1, -0.05) is 12.8 Å². The van der Waals surface area contributed by atoms with Gasteiger partial charge in [0.05, 0.1) is 5.92 Å². The lowest BCUT2D eigenvalue weighted by Gasteiger charge is -2.19. The minimum Gasteiger partial charge on any atom is -0.356 e. The van der Waals surface area contributed by atoms with Crippen molar-refractivity contribution in [2.24, 2.45) is 11.8 Å². The molecular weight excluding hydrogens is 188 g/mol. The van der Waals surface area contributed by atoms with Crippen LogP contribution in [0.3, 0.4) is 0 Å². The topological polar surface area (TPSA) is 41.1 Å². The van der Waals surface area contributed by atoms with Crippen molar-refractivity contribution in [3.05, 3.63) is 0 Å². The number of hydrogen-bond acceptors (Lipinski definition) is 2. The van der Waals surface area contributed by atoms with E-state index in [1.165, 1.54) is 32.1 Å². The van der Waals surface area contributed by atoms with Crippen molar-refractivity contribution in [2.75, 3.05) is 6.54 Å². The quantitative estimate of drug-likeness (QED) is 0.725. The number of nitrogens with one attached hydrogen (secondary N) is 2. The lowest BCUT2D eigenvalue weighted by Crippen LogP contribution is -2.38. The summed E-state index contributed by atoms with van der Waals surface area (Å²) in [5.41, 5.74) is 0. The molecule has 2 bridgehead atoms. The van der Waals surface area contributed by atoms with E-state index in [1.807, 2.05) is 0 Å². The highest BCUT2D eigenvalue weighted by Crippen LogP contribution is 2.34. The third-order valence-electron chi connectivity index (χ3n) is 4.19.